The van der Waals surface area contributed by atoms with Gasteiger partial charge in [0.05, 0.1) is 4.88 Å². The smallest absolute Gasteiger partial charge is 0.267 e. The Labute approximate surface area is 121 Å². The van der Waals surface area contributed by atoms with E-state index in [1.165, 1.54) is 35.8 Å². The quantitative estimate of drug-likeness (QED) is 0.833. The fourth-order valence-electron chi connectivity index (χ4n) is 2.44. The number of aromatic nitrogens is 1. The summed E-state index contributed by atoms with van der Waals surface area (Å²) in [6.07, 6.45) is 7.35. The van der Waals surface area contributed by atoms with Gasteiger partial charge in [0.25, 0.3) is 5.91 Å². The molecule has 3 rings (SSSR count). The van der Waals surface area contributed by atoms with Crippen LogP contribution in [-0.2, 0) is 12.8 Å². The van der Waals surface area contributed by atoms with E-state index in [1.54, 1.807) is 23.6 Å². The van der Waals surface area contributed by atoms with Gasteiger partial charge in [0.2, 0.25) is 0 Å². The fourth-order valence-corrected chi connectivity index (χ4v) is 3.59. The number of rotatable bonds is 2. The lowest BCUT2D eigenvalue weighted by atomic mass is 10.1. The molecule has 20 heavy (non-hydrogen) atoms. The maximum absolute atomic E-state index is 12.2. The second-order valence-corrected chi connectivity index (χ2v) is 6.08. The van der Waals surface area contributed by atoms with Gasteiger partial charge in [-0.3, -0.25) is 4.79 Å². The third-order valence-electron chi connectivity index (χ3n) is 3.49. The van der Waals surface area contributed by atoms with E-state index in [2.05, 4.69) is 10.3 Å². The molecule has 0 bridgehead atoms. The van der Waals surface area contributed by atoms with E-state index in [-0.39, 0.29) is 17.5 Å². The van der Waals surface area contributed by atoms with Gasteiger partial charge in [-0.05, 0) is 49.4 Å². The molecule has 0 saturated heterocycles. The summed E-state index contributed by atoms with van der Waals surface area (Å²) >= 11 is 1.56. The predicted octanol–water partition coefficient (Wildman–Crippen LogP) is 3.37. The Morgan fingerprint density at radius 3 is 3.00 bits per heavy atom. The lowest BCUT2D eigenvalue weighted by molar-refractivity contribution is 0.102. The summed E-state index contributed by atoms with van der Waals surface area (Å²) in [5, 5.41) is 12.3. The van der Waals surface area contributed by atoms with Gasteiger partial charge >= 0.3 is 0 Å². The SMILES string of the molecule is O=C(Nc1ncccc1O)c1cc2c(s1)CCCCC2. The summed E-state index contributed by atoms with van der Waals surface area (Å²) in [5.41, 5.74) is 1.31. The Morgan fingerprint density at radius 1 is 1.30 bits per heavy atom. The van der Waals surface area contributed by atoms with E-state index in [0.29, 0.717) is 4.88 Å². The van der Waals surface area contributed by atoms with E-state index in [4.69, 9.17) is 0 Å². The highest BCUT2D eigenvalue weighted by Crippen LogP contribution is 2.30. The molecule has 0 fully saturated rings. The number of carbonyl (C=O) groups excluding carboxylic acids is 1. The molecule has 0 spiro atoms. The number of amides is 1. The van der Waals surface area contributed by atoms with Crippen LogP contribution in [0.1, 0.15) is 39.4 Å². The molecular weight excluding hydrogens is 272 g/mol. The summed E-state index contributed by atoms with van der Waals surface area (Å²) in [7, 11) is 0. The zero-order valence-corrected chi connectivity index (χ0v) is 11.9. The van der Waals surface area contributed by atoms with Crippen molar-refractivity contribution < 1.29 is 9.90 Å². The molecule has 0 aliphatic heterocycles. The summed E-state index contributed by atoms with van der Waals surface area (Å²) in [6, 6.07) is 5.12. The highest BCUT2D eigenvalue weighted by Gasteiger charge is 2.17. The number of hydrogen-bond donors (Lipinski definition) is 2. The first-order valence-electron chi connectivity index (χ1n) is 6.81. The molecule has 1 aliphatic carbocycles. The van der Waals surface area contributed by atoms with Crippen molar-refractivity contribution in [1.82, 2.24) is 4.98 Å². The maximum Gasteiger partial charge on any atom is 0.267 e. The number of nitrogens with zero attached hydrogens (tertiary/aromatic N) is 1. The molecule has 2 N–H and O–H groups in total. The van der Waals surface area contributed by atoms with Crippen LogP contribution < -0.4 is 5.32 Å². The average molecular weight is 288 g/mol. The molecular formula is C15H16N2O2S. The second kappa shape index (κ2) is 5.63. The monoisotopic (exact) mass is 288 g/mol. The van der Waals surface area contributed by atoms with Crippen molar-refractivity contribution in [3.63, 3.8) is 0 Å². The van der Waals surface area contributed by atoms with Crippen molar-refractivity contribution in [2.75, 3.05) is 5.32 Å². The number of pyridine rings is 1. The Balaban J connectivity index is 1.79. The van der Waals surface area contributed by atoms with Crippen molar-refractivity contribution >= 4 is 23.1 Å². The molecule has 2 heterocycles. The molecule has 2 aromatic heterocycles. The summed E-state index contributed by atoms with van der Waals surface area (Å²) in [4.78, 5) is 18.2. The molecule has 4 nitrogen and oxygen atoms in total. The van der Waals surface area contributed by atoms with Crippen LogP contribution in [0.4, 0.5) is 5.82 Å². The number of hydrogen-bond acceptors (Lipinski definition) is 4. The van der Waals surface area contributed by atoms with Gasteiger partial charge in [-0.25, -0.2) is 4.98 Å². The summed E-state index contributed by atoms with van der Waals surface area (Å²) in [6.45, 7) is 0. The number of nitrogens with one attached hydrogen (secondary N) is 1. The zero-order valence-electron chi connectivity index (χ0n) is 11.1. The first-order chi connectivity index (χ1) is 9.74. The number of fused-ring (bicyclic) bond motifs is 1. The van der Waals surface area contributed by atoms with Gasteiger partial charge < -0.3 is 10.4 Å². The summed E-state index contributed by atoms with van der Waals surface area (Å²) < 4.78 is 0. The molecule has 2 aromatic rings. The standard InChI is InChI=1S/C15H16N2O2S/c18-11-6-4-8-16-14(11)17-15(19)13-9-10-5-2-1-3-7-12(10)20-13/h4,6,8-9,18H,1-3,5,7H2,(H,16,17,19). The Morgan fingerprint density at radius 2 is 2.15 bits per heavy atom. The molecule has 0 atom stereocenters. The largest absolute Gasteiger partial charge is 0.504 e. The number of anilines is 1. The molecule has 104 valence electrons. The van der Waals surface area contributed by atoms with Crippen LogP contribution in [-0.4, -0.2) is 16.0 Å². The minimum absolute atomic E-state index is 0.0148. The summed E-state index contributed by atoms with van der Waals surface area (Å²) in [5.74, 6) is -0.00265. The Hall–Kier alpha value is -1.88. The van der Waals surface area contributed by atoms with Crippen LogP contribution in [0.25, 0.3) is 0 Å². The number of aromatic hydroxyl groups is 1. The van der Waals surface area contributed by atoms with Crippen molar-refractivity contribution in [2.24, 2.45) is 0 Å². The van der Waals surface area contributed by atoms with E-state index in [0.717, 1.165) is 12.8 Å². The molecule has 0 aromatic carbocycles. The zero-order chi connectivity index (χ0) is 13.9. The van der Waals surface area contributed by atoms with Crippen molar-refractivity contribution in [3.8, 4) is 5.75 Å². The van der Waals surface area contributed by atoms with Crippen LogP contribution >= 0.6 is 11.3 Å². The lowest BCUT2D eigenvalue weighted by Gasteiger charge is -2.04. The lowest BCUT2D eigenvalue weighted by Crippen LogP contribution is -2.11. The van der Waals surface area contributed by atoms with Gasteiger partial charge in [-0.15, -0.1) is 11.3 Å². The van der Waals surface area contributed by atoms with E-state index in [9.17, 15) is 9.90 Å². The van der Waals surface area contributed by atoms with Gasteiger partial charge in [0.15, 0.2) is 11.6 Å². The predicted molar refractivity (Wildman–Crippen MR) is 79.4 cm³/mol. The first-order valence-corrected chi connectivity index (χ1v) is 7.62. The average Bonchev–Trinajstić information content (AvgIpc) is 2.73. The third-order valence-corrected chi connectivity index (χ3v) is 4.72. The topological polar surface area (TPSA) is 62.2 Å². The number of thiophene rings is 1. The van der Waals surface area contributed by atoms with Gasteiger partial charge in [0.1, 0.15) is 0 Å². The normalized spacial score (nSPS) is 14.4. The van der Waals surface area contributed by atoms with Crippen LogP contribution in [0.15, 0.2) is 24.4 Å². The molecule has 0 radical (unpaired) electrons. The Kier molecular flexibility index (Phi) is 3.69. The highest BCUT2D eigenvalue weighted by atomic mass is 32.1. The van der Waals surface area contributed by atoms with E-state index >= 15 is 0 Å². The second-order valence-electron chi connectivity index (χ2n) is 4.94. The van der Waals surface area contributed by atoms with E-state index in [1.807, 2.05) is 6.07 Å². The maximum atomic E-state index is 12.2. The van der Waals surface area contributed by atoms with Crippen LogP contribution in [0.2, 0.25) is 0 Å². The van der Waals surface area contributed by atoms with E-state index < -0.39 is 0 Å². The van der Waals surface area contributed by atoms with Crippen LogP contribution in [0, 0.1) is 0 Å². The van der Waals surface area contributed by atoms with Crippen molar-refractivity contribution in [2.45, 2.75) is 32.1 Å². The first kappa shape index (κ1) is 13.1. The molecule has 5 heteroatoms. The highest BCUT2D eigenvalue weighted by molar-refractivity contribution is 7.14. The molecule has 0 unspecified atom stereocenters. The number of aryl methyl sites for hydroxylation is 2. The van der Waals surface area contributed by atoms with Crippen molar-refractivity contribution in [3.05, 3.63) is 39.7 Å². The minimum Gasteiger partial charge on any atom is -0.504 e. The van der Waals surface area contributed by atoms with Crippen molar-refractivity contribution in [1.29, 1.82) is 0 Å². The number of carbonyl (C=O) groups is 1. The molecule has 0 saturated carbocycles. The minimum atomic E-state index is -0.197. The Bertz CT molecular complexity index is 613. The molecule has 1 aliphatic rings. The third kappa shape index (κ3) is 2.67. The van der Waals surface area contributed by atoms with Crippen LogP contribution in [0.3, 0.4) is 0 Å². The van der Waals surface area contributed by atoms with Gasteiger partial charge in [-0.1, -0.05) is 6.42 Å². The molecule has 1 amide bonds. The van der Waals surface area contributed by atoms with Gasteiger partial charge in [-0.2, -0.15) is 0 Å². The fraction of sp³-hybridized carbons (Fsp3) is 0.333. The van der Waals surface area contributed by atoms with Crippen LogP contribution in [0.5, 0.6) is 5.75 Å². The van der Waals surface area contributed by atoms with Gasteiger partial charge in [0, 0.05) is 11.1 Å².